The van der Waals surface area contributed by atoms with Gasteiger partial charge in [-0.05, 0) is 17.7 Å². The van der Waals surface area contributed by atoms with Gasteiger partial charge >= 0.3 is 12.4 Å². The van der Waals surface area contributed by atoms with Crippen molar-refractivity contribution in [1.29, 1.82) is 0 Å². The lowest BCUT2D eigenvalue weighted by molar-refractivity contribution is -0.150. The zero-order chi connectivity index (χ0) is 12.6. The van der Waals surface area contributed by atoms with Gasteiger partial charge in [-0.1, -0.05) is 0 Å². The fourth-order valence-corrected chi connectivity index (χ4v) is 1.11. The van der Waals surface area contributed by atoms with E-state index in [9.17, 15) is 26.3 Å². The summed E-state index contributed by atoms with van der Waals surface area (Å²) < 4.78 is 73.2. The van der Waals surface area contributed by atoms with E-state index in [0.717, 1.165) is 0 Å². The minimum absolute atomic E-state index is 0.281. The van der Waals surface area contributed by atoms with E-state index in [2.05, 4.69) is 4.98 Å². The van der Waals surface area contributed by atoms with E-state index in [0.29, 0.717) is 12.1 Å². The third kappa shape index (κ3) is 3.01. The molecule has 0 aliphatic carbocycles. The summed E-state index contributed by atoms with van der Waals surface area (Å²) in [5.74, 6) is -0.450. The topological polar surface area (TPSA) is 12.9 Å². The molecule has 1 rings (SSSR count). The van der Waals surface area contributed by atoms with Gasteiger partial charge in [-0.25, -0.2) is 4.98 Å². The van der Waals surface area contributed by atoms with Gasteiger partial charge in [0.1, 0.15) is 11.4 Å². The molecule has 0 atom stereocenters. The van der Waals surface area contributed by atoms with Gasteiger partial charge in [-0.2, -0.15) is 26.3 Å². The highest BCUT2D eigenvalue weighted by Crippen LogP contribution is 2.33. The van der Waals surface area contributed by atoms with Gasteiger partial charge < -0.3 is 0 Å². The maximum absolute atomic E-state index is 12.2. The molecule has 0 aliphatic heterocycles. The van der Waals surface area contributed by atoms with Gasteiger partial charge in [0.25, 0.3) is 0 Å². The molecule has 90 valence electrons. The van der Waals surface area contributed by atoms with Crippen LogP contribution in [0.5, 0.6) is 0 Å². The Morgan fingerprint density at radius 1 is 0.938 bits per heavy atom. The molecule has 16 heavy (non-hydrogen) atoms. The number of alkyl halides is 7. The molecule has 0 spiro atoms. The summed E-state index contributed by atoms with van der Waals surface area (Å²) >= 11 is 5.21. The highest BCUT2D eigenvalue weighted by molar-refractivity contribution is 6.17. The molecular formula is C8H4ClF6N. The molecule has 0 bridgehead atoms. The van der Waals surface area contributed by atoms with Crippen LogP contribution >= 0.6 is 11.6 Å². The number of hydrogen-bond acceptors (Lipinski definition) is 1. The summed E-state index contributed by atoms with van der Waals surface area (Å²) in [4.78, 5) is 2.52. The Hall–Kier alpha value is -0.980. The minimum Gasteiger partial charge on any atom is -0.239 e. The first kappa shape index (κ1) is 13.1. The zero-order valence-electron chi connectivity index (χ0n) is 7.45. The summed E-state index contributed by atoms with van der Waals surface area (Å²) in [6.45, 7) is 0. The number of pyridine rings is 1. The average molecular weight is 264 g/mol. The van der Waals surface area contributed by atoms with Gasteiger partial charge in [0, 0.05) is 5.88 Å². The maximum Gasteiger partial charge on any atom is 0.433 e. The van der Waals surface area contributed by atoms with Crippen LogP contribution in [0.2, 0.25) is 0 Å². The summed E-state index contributed by atoms with van der Waals surface area (Å²) in [7, 11) is 0. The molecule has 0 amide bonds. The predicted molar refractivity (Wildman–Crippen MR) is 43.8 cm³/mol. The first-order valence-electron chi connectivity index (χ1n) is 3.86. The number of aromatic nitrogens is 1. The smallest absolute Gasteiger partial charge is 0.239 e. The van der Waals surface area contributed by atoms with Crippen LogP contribution < -0.4 is 0 Å². The van der Waals surface area contributed by atoms with Crippen molar-refractivity contribution >= 4 is 11.6 Å². The van der Waals surface area contributed by atoms with E-state index in [-0.39, 0.29) is 5.56 Å². The van der Waals surface area contributed by atoms with Gasteiger partial charge in [0.05, 0.1) is 0 Å². The first-order chi connectivity index (χ1) is 7.14. The summed E-state index contributed by atoms with van der Waals surface area (Å²) in [6.07, 6.45) is -9.86. The summed E-state index contributed by atoms with van der Waals surface area (Å²) in [5.41, 5.74) is -3.48. The molecule has 0 saturated carbocycles. The van der Waals surface area contributed by atoms with Crippen molar-refractivity contribution in [3.63, 3.8) is 0 Å². The van der Waals surface area contributed by atoms with Crippen LogP contribution in [0.25, 0.3) is 0 Å². The fraction of sp³-hybridized carbons (Fsp3) is 0.375. The van der Waals surface area contributed by atoms with Gasteiger partial charge in [-0.3, -0.25) is 0 Å². The Morgan fingerprint density at radius 3 is 1.56 bits per heavy atom. The lowest BCUT2D eigenvalue weighted by Crippen LogP contribution is -2.15. The highest BCUT2D eigenvalue weighted by Gasteiger charge is 2.38. The second-order valence-corrected chi connectivity index (χ2v) is 3.14. The standard InChI is InChI=1S/C8H4ClF6N/c9-3-4-1-5(7(10,11)12)16-6(2-4)8(13,14)15/h1-2H,3H2. The van der Waals surface area contributed by atoms with E-state index >= 15 is 0 Å². The Balaban J connectivity index is 3.33. The molecule has 0 saturated heterocycles. The summed E-state index contributed by atoms with van der Waals surface area (Å²) in [6, 6.07) is 0.977. The molecule has 0 N–H and O–H groups in total. The average Bonchev–Trinajstić information content (AvgIpc) is 2.14. The van der Waals surface area contributed by atoms with Crippen LogP contribution in [-0.4, -0.2) is 4.98 Å². The highest BCUT2D eigenvalue weighted by atomic mass is 35.5. The Bertz CT molecular complexity index is 351. The molecule has 1 aromatic heterocycles. The number of rotatable bonds is 1. The first-order valence-corrected chi connectivity index (χ1v) is 4.39. The molecular weight excluding hydrogens is 260 g/mol. The molecule has 1 heterocycles. The van der Waals surface area contributed by atoms with Gasteiger partial charge in [-0.15, -0.1) is 11.6 Å². The van der Waals surface area contributed by atoms with E-state index in [4.69, 9.17) is 11.6 Å². The molecule has 8 heteroatoms. The van der Waals surface area contributed by atoms with E-state index < -0.39 is 29.6 Å². The van der Waals surface area contributed by atoms with Crippen molar-refractivity contribution in [2.24, 2.45) is 0 Å². The van der Waals surface area contributed by atoms with Crippen LogP contribution in [0.4, 0.5) is 26.3 Å². The fourth-order valence-electron chi connectivity index (χ4n) is 0.955. The maximum atomic E-state index is 12.2. The molecule has 0 unspecified atom stereocenters. The zero-order valence-corrected chi connectivity index (χ0v) is 8.21. The van der Waals surface area contributed by atoms with Crippen LogP contribution in [0.1, 0.15) is 17.0 Å². The summed E-state index contributed by atoms with van der Waals surface area (Å²) in [5, 5.41) is 0. The lowest BCUT2D eigenvalue weighted by Gasteiger charge is -2.11. The van der Waals surface area contributed by atoms with E-state index in [1.807, 2.05) is 0 Å². The molecule has 0 fully saturated rings. The number of halogens is 7. The Kier molecular flexibility index (Phi) is 3.37. The quantitative estimate of drug-likeness (QED) is 0.554. The third-order valence-electron chi connectivity index (χ3n) is 1.62. The molecule has 0 aromatic carbocycles. The molecule has 0 radical (unpaired) electrons. The van der Waals surface area contributed by atoms with E-state index in [1.54, 1.807) is 0 Å². The van der Waals surface area contributed by atoms with Gasteiger partial charge in [0.15, 0.2) is 0 Å². The molecule has 1 nitrogen and oxygen atoms in total. The lowest BCUT2D eigenvalue weighted by atomic mass is 10.2. The molecule has 1 aromatic rings. The molecule has 0 aliphatic rings. The van der Waals surface area contributed by atoms with Crippen molar-refractivity contribution in [2.75, 3.05) is 0 Å². The van der Waals surface area contributed by atoms with Crippen molar-refractivity contribution in [2.45, 2.75) is 18.2 Å². The number of hydrogen-bond donors (Lipinski definition) is 0. The van der Waals surface area contributed by atoms with Crippen LogP contribution in [0.3, 0.4) is 0 Å². The Morgan fingerprint density at radius 2 is 1.31 bits per heavy atom. The largest absolute Gasteiger partial charge is 0.433 e. The van der Waals surface area contributed by atoms with Crippen molar-refractivity contribution in [3.05, 3.63) is 29.1 Å². The minimum atomic E-state index is -4.93. The predicted octanol–water partition coefficient (Wildman–Crippen LogP) is 3.86. The Labute approximate surface area is 91.0 Å². The third-order valence-corrected chi connectivity index (χ3v) is 1.93. The van der Waals surface area contributed by atoms with Crippen molar-refractivity contribution < 1.29 is 26.3 Å². The van der Waals surface area contributed by atoms with Crippen LogP contribution in [0, 0.1) is 0 Å². The van der Waals surface area contributed by atoms with Crippen molar-refractivity contribution in [1.82, 2.24) is 4.98 Å². The van der Waals surface area contributed by atoms with Gasteiger partial charge in [0.2, 0.25) is 0 Å². The van der Waals surface area contributed by atoms with E-state index in [1.165, 1.54) is 0 Å². The second-order valence-electron chi connectivity index (χ2n) is 2.88. The van der Waals surface area contributed by atoms with Crippen molar-refractivity contribution in [3.8, 4) is 0 Å². The SMILES string of the molecule is FC(F)(F)c1cc(CCl)cc(C(F)(F)F)n1. The normalized spacial score (nSPS) is 12.9. The van der Waals surface area contributed by atoms with Crippen LogP contribution in [0.15, 0.2) is 12.1 Å². The second kappa shape index (κ2) is 4.12. The number of nitrogens with zero attached hydrogens (tertiary/aromatic N) is 1. The monoisotopic (exact) mass is 263 g/mol. The van der Waals surface area contributed by atoms with Crippen LogP contribution in [-0.2, 0) is 18.2 Å².